The first-order valence-corrected chi connectivity index (χ1v) is 5.78. The van der Waals surface area contributed by atoms with E-state index in [0.717, 1.165) is 26.3 Å². The third kappa shape index (κ3) is 1.21. The van der Waals surface area contributed by atoms with Gasteiger partial charge < -0.3 is 9.64 Å². The number of rotatable bonds is 1. The summed E-state index contributed by atoms with van der Waals surface area (Å²) in [6.45, 7) is 6.29. The second kappa shape index (κ2) is 3.24. The van der Waals surface area contributed by atoms with Gasteiger partial charge in [-0.05, 0) is 25.0 Å². The average molecular weight is 203 g/mol. The number of anilines is 1. The van der Waals surface area contributed by atoms with E-state index in [1.807, 2.05) is 0 Å². The van der Waals surface area contributed by atoms with Crippen molar-refractivity contribution < 1.29 is 4.74 Å². The van der Waals surface area contributed by atoms with Gasteiger partial charge in [0.25, 0.3) is 0 Å². The fourth-order valence-electron chi connectivity index (χ4n) is 2.96. The summed E-state index contributed by atoms with van der Waals surface area (Å²) in [7, 11) is 0. The molecule has 1 unspecified atom stereocenters. The van der Waals surface area contributed by atoms with Gasteiger partial charge in [0.1, 0.15) is 0 Å². The van der Waals surface area contributed by atoms with E-state index in [9.17, 15) is 0 Å². The van der Waals surface area contributed by atoms with E-state index in [2.05, 4.69) is 36.1 Å². The maximum absolute atomic E-state index is 5.61. The summed E-state index contributed by atoms with van der Waals surface area (Å²) >= 11 is 0. The van der Waals surface area contributed by atoms with Crippen LogP contribution in [0, 0.1) is 0 Å². The summed E-state index contributed by atoms with van der Waals surface area (Å²) < 4.78 is 5.61. The third-order valence-electron chi connectivity index (χ3n) is 3.79. The van der Waals surface area contributed by atoms with E-state index < -0.39 is 0 Å². The molecule has 3 rings (SSSR count). The summed E-state index contributed by atoms with van der Waals surface area (Å²) in [4.78, 5) is 2.48. The average Bonchev–Trinajstić information content (AvgIpc) is 2.87. The number of para-hydroxylation sites is 1. The topological polar surface area (TPSA) is 12.5 Å². The van der Waals surface area contributed by atoms with Gasteiger partial charge in [-0.3, -0.25) is 0 Å². The molecular formula is C13H17NO. The Morgan fingerprint density at radius 2 is 2.27 bits per heavy atom. The molecule has 0 radical (unpaired) electrons. The molecule has 1 atom stereocenters. The van der Waals surface area contributed by atoms with Crippen LogP contribution in [0.15, 0.2) is 24.3 Å². The van der Waals surface area contributed by atoms with E-state index in [-0.39, 0.29) is 0 Å². The molecule has 80 valence electrons. The van der Waals surface area contributed by atoms with E-state index >= 15 is 0 Å². The zero-order valence-corrected chi connectivity index (χ0v) is 9.20. The van der Waals surface area contributed by atoms with Gasteiger partial charge in [0.15, 0.2) is 0 Å². The molecule has 1 spiro atoms. The first kappa shape index (κ1) is 9.22. The van der Waals surface area contributed by atoms with Crippen molar-refractivity contribution in [2.75, 3.05) is 31.2 Å². The Bertz CT molecular complexity index is 369. The van der Waals surface area contributed by atoms with Crippen LogP contribution in [0.4, 0.5) is 5.69 Å². The molecule has 2 aliphatic rings. The minimum absolute atomic E-state index is 0.298. The van der Waals surface area contributed by atoms with Gasteiger partial charge in [0.05, 0.1) is 6.61 Å². The van der Waals surface area contributed by atoms with Gasteiger partial charge in [-0.1, -0.05) is 18.2 Å². The van der Waals surface area contributed by atoms with Gasteiger partial charge in [0, 0.05) is 30.8 Å². The maximum Gasteiger partial charge on any atom is 0.0581 e. The Labute approximate surface area is 90.8 Å². The molecule has 0 N–H and O–H groups in total. The molecule has 1 fully saturated rings. The number of likely N-dealkylation sites (N-methyl/N-ethyl adjacent to an activating group) is 1. The Balaban J connectivity index is 2.09. The predicted octanol–water partition coefficient (Wildman–Crippen LogP) is 2.18. The third-order valence-corrected chi connectivity index (χ3v) is 3.79. The van der Waals surface area contributed by atoms with Crippen LogP contribution in [0.1, 0.15) is 18.9 Å². The fourth-order valence-corrected chi connectivity index (χ4v) is 2.96. The van der Waals surface area contributed by atoms with E-state index in [0.29, 0.717) is 5.41 Å². The van der Waals surface area contributed by atoms with Gasteiger partial charge in [-0.2, -0.15) is 0 Å². The van der Waals surface area contributed by atoms with Crippen LogP contribution in [-0.2, 0) is 10.2 Å². The van der Waals surface area contributed by atoms with Crippen LogP contribution in [-0.4, -0.2) is 26.3 Å². The molecule has 0 amide bonds. The van der Waals surface area contributed by atoms with Crippen molar-refractivity contribution in [2.24, 2.45) is 0 Å². The van der Waals surface area contributed by atoms with E-state index in [1.165, 1.54) is 17.7 Å². The number of fused-ring (bicyclic) bond motifs is 2. The summed E-state index contributed by atoms with van der Waals surface area (Å²) in [5, 5.41) is 0. The monoisotopic (exact) mass is 203 g/mol. The molecule has 2 aliphatic heterocycles. The second-order valence-corrected chi connectivity index (χ2v) is 4.61. The molecule has 0 bridgehead atoms. The van der Waals surface area contributed by atoms with Crippen LogP contribution in [0.3, 0.4) is 0 Å². The number of ether oxygens (including phenoxy) is 1. The van der Waals surface area contributed by atoms with Crippen molar-refractivity contribution in [3.8, 4) is 0 Å². The minimum atomic E-state index is 0.298. The smallest absolute Gasteiger partial charge is 0.0581 e. The lowest BCUT2D eigenvalue weighted by Crippen LogP contribution is -2.33. The molecule has 0 aromatic heterocycles. The van der Waals surface area contributed by atoms with E-state index in [1.54, 1.807) is 0 Å². The standard InChI is InChI=1S/C13H17NO/c1-2-14-9-13(7-8-15-10-13)11-5-3-4-6-12(11)14/h3-6H,2,7-10H2,1H3. The largest absolute Gasteiger partial charge is 0.380 e. The first-order chi connectivity index (χ1) is 7.36. The Hall–Kier alpha value is -1.02. The van der Waals surface area contributed by atoms with Crippen molar-refractivity contribution in [3.63, 3.8) is 0 Å². The summed E-state index contributed by atoms with van der Waals surface area (Å²) in [6, 6.07) is 8.81. The van der Waals surface area contributed by atoms with Crippen LogP contribution in [0.2, 0.25) is 0 Å². The lowest BCUT2D eigenvalue weighted by Gasteiger charge is -2.23. The highest BCUT2D eigenvalue weighted by atomic mass is 16.5. The quantitative estimate of drug-likeness (QED) is 0.693. The zero-order chi connectivity index (χ0) is 10.3. The van der Waals surface area contributed by atoms with Crippen molar-refractivity contribution >= 4 is 5.69 Å². The number of hydrogen-bond acceptors (Lipinski definition) is 2. The van der Waals surface area contributed by atoms with Crippen LogP contribution >= 0.6 is 0 Å². The number of hydrogen-bond donors (Lipinski definition) is 0. The van der Waals surface area contributed by atoms with Crippen LogP contribution in [0.5, 0.6) is 0 Å². The highest BCUT2D eigenvalue weighted by Crippen LogP contribution is 2.45. The number of benzene rings is 1. The minimum Gasteiger partial charge on any atom is -0.380 e. The summed E-state index contributed by atoms with van der Waals surface area (Å²) in [5.41, 5.74) is 3.22. The first-order valence-electron chi connectivity index (χ1n) is 5.78. The lowest BCUT2D eigenvalue weighted by atomic mass is 9.82. The maximum atomic E-state index is 5.61. The van der Waals surface area contributed by atoms with Gasteiger partial charge in [-0.15, -0.1) is 0 Å². The SMILES string of the molecule is CCN1CC2(CCOC2)c2ccccc21. The lowest BCUT2D eigenvalue weighted by molar-refractivity contribution is 0.180. The van der Waals surface area contributed by atoms with Crippen LogP contribution in [0.25, 0.3) is 0 Å². The molecule has 15 heavy (non-hydrogen) atoms. The fraction of sp³-hybridized carbons (Fsp3) is 0.538. The summed E-state index contributed by atoms with van der Waals surface area (Å²) in [6.07, 6.45) is 1.18. The Kier molecular flexibility index (Phi) is 1.99. The molecule has 0 saturated carbocycles. The normalized spacial score (nSPS) is 28.7. The molecule has 0 aliphatic carbocycles. The second-order valence-electron chi connectivity index (χ2n) is 4.61. The van der Waals surface area contributed by atoms with Gasteiger partial charge in [0.2, 0.25) is 0 Å². The molecule has 2 heterocycles. The van der Waals surface area contributed by atoms with Crippen molar-refractivity contribution in [3.05, 3.63) is 29.8 Å². The summed E-state index contributed by atoms with van der Waals surface area (Å²) in [5.74, 6) is 0. The van der Waals surface area contributed by atoms with Crippen LogP contribution < -0.4 is 4.90 Å². The molecule has 1 aromatic rings. The predicted molar refractivity (Wildman–Crippen MR) is 61.4 cm³/mol. The van der Waals surface area contributed by atoms with Crippen molar-refractivity contribution in [1.82, 2.24) is 0 Å². The molecule has 1 aromatic carbocycles. The molecule has 2 heteroatoms. The van der Waals surface area contributed by atoms with E-state index in [4.69, 9.17) is 4.74 Å². The van der Waals surface area contributed by atoms with Crippen molar-refractivity contribution in [2.45, 2.75) is 18.8 Å². The Morgan fingerprint density at radius 3 is 3.00 bits per heavy atom. The highest BCUT2D eigenvalue weighted by molar-refractivity contribution is 5.63. The van der Waals surface area contributed by atoms with Gasteiger partial charge >= 0.3 is 0 Å². The Morgan fingerprint density at radius 1 is 1.40 bits per heavy atom. The zero-order valence-electron chi connectivity index (χ0n) is 9.20. The number of nitrogens with zero attached hydrogens (tertiary/aromatic N) is 1. The molecular weight excluding hydrogens is 186 g/mol. The highest BCUT2D eigenvalue weighted by Gasteiger charge is 2.44. The van der Waals surface area contributed by atoms with Crippen molar-refractivity contribution in [1.29, 1.82) is 0 Å². The van der Waals surface area contributed by atoms with Gasteiger partial charge in [-0.25, -0.2) is 0 Å². The molecule has 2 nitrogen and oxygen atoms in total. The molecule has 1 saturated heterocycles.